The Labute approximate surface area is 399 Å². The third-order valence-corrected chi connectivity index (χ3v) is 11.7. The number of hydrogen-bond acceptors (Lipinski definition) is 12. The minimum Gasteiger partial charge on any atom is -0.508 e. The minimum absolute atomic E-state index is 0.00365. The standard InChI is InChI=1S/C50H36F8N4O10/c51-37-35(38(52)42(56)49(41(37)55)71-17-23(67)15-63)33-28-10-7-25(59-28)31(19-3-1-5-21(65)13-19)26-8-12-30(60-26)34(36-39(53)43(57)50(44(58)40(36)54)72-18-24(68)16-64)46-48(70)47(69)45(62-46)32(27-9-11-29(33)61-27)20-4-2-6-22(66)14-20/h1-14,23-24,47-48,60-61,63-70H,15-18H2/t23?,24?,47-,48-/m1/s1. The van der Waals surface area contributed by atoms with E-state index in [1.807, 2.05) is 0 Å². The van der Waals surface area contributed by atoms with Crippen LogP contribution < -0.4 is 9.47 Å². The minimum atomic E-state index is -2.30. The molecule has 2 unspecified atom stereocenters. The van der Waals surface area contributed by atoms with Crippen LogP contribution in [0.2, 0.25) is 0 Å². The number of H-pyrrole nitrogens is 2. The molecular formula is C50H36F8N4O10. The second kappa shape index (κ2) is 19.4. The summed E-state index contributed by atoms with van der Waals surface area (Å²) in [4.78, 5) is 14.8. The fourth-order valence-corrected chi connectivity index (χ4v) is 8.37. The lowest BCUT2D eigenvalue weighted by molar-refractivity contribution is 0.0259. The number of fused-ring (bicyclic) bond motifs is 8. The van der Waals surface area contributed by atoms with Crippen molar-refractivity contribution in [1.82, 2.24) is 19.9 Å². The fraction of sp³-hybridized carbons (Fsp3) is 0.160. The summed E-state index contributed by atoms with van der Waals surface area (Å²) in [5.41, 5.74) is -7.33. The van der Waals surface area contributed by atoms with E-state index in [-0.39, 0.29) is 61.7 Å². The van der Waals surface area contributed by atoms with Gasteiger partial charge in [0.05, 0.1) is 47.1 Å². The molecule has 7 aromatic rings. The first-order valence-corrected chi connectivity index (χ1v) is 21.4. The highest BCUT2D eigenvalue weighted by atomic mass is 19.2. The number of halogens is 8. The molecule has 4 aromatic carbocycles. The number of aliphatic hydroxyl groups is 6. The van der Waals surface area contributed by atoms with Gasteiger partial charge in [0.25, 0.3) is 0 Å². The van der Waals surface area contributed by atoms with Gasteiger partial charge in [-0.1, -0.05) is 24.3 Å². The summed E-state index contributed by atoms with van der Waals surface area (Å²) >= 11 is 0. The second-order valence-corrected chi connectivity index (χ2v) is 16.4. The van der Waals surface area contributed by atoms with Crippen molar-refractivity contribution >= 4 is 34.2 Å². The maximum Gasteiger partial charge on any atom is 0.204 e. The van der Waals surface area contributed by atoms with Crippen molar-refractivity contribution in [2.24, 2.45) is 0 Å². The molecule has 3 aromatic heterocycles. The highest BCUT2D eigenvalue weighted by Crippen LogP contribution is 2.48. The number of aromatic amines is 2. The molecule has 0 saturated carbocycles. The summed E-state index contributed by atoms with van der Waals surface area (Å²) in [5.74, 6) is -20.4. The molecule has 10 N–H and O–H groups in total. The van der Waals surface area contributed by atoms with Gasteiger partial charge in [0, 0.05) is 44.3 Å². The molecule has 9 rings (SSSR count). The molecule has 5 heterocycles. The fourth-order valence-electron chi connectivity index (χ4n) is 8.37. The number of hydrogen-bond donors (Lipinski definition) is 10. The van der Waals surface area contributed by atoms with Gasteiger partial charge in [-0.2, -0.15) is 17.6 Å². The predicted octanol–water partition coefficient (Wildman–Crippen LogP) is 7.91. The SMILES string of the molecule is OCC(O)COc1c(F)c(F)c(-c2c3nc(c(-c4cccc(O)c4)c4ccc([nH]4)c(-c4c(F)c(F)c(OCC(O)CO)c(F)c4F)c4nc(c(-c5cccc(O)c5)c5ccc2[nH]5)[C@@H](O)[C@@H]4O)C=C3)c(F)c1F. The number of phenolic OH excluding ortho intramolecular Hbond substituents is 2. The Morgan fingerprint density at radius 3 is 1.29 bits per heavy atom. The molecule has 372 valence electrons. The van der Waals surface area contributed by atoms with Crippen molar-refractivity contribution in [3.8, 4) is 67.5 Å². The third-order valence-electron chi connectivity index (χ3n) is 11.7. The number of nitrogens with one attached hydrogen (secondary N) is 2. The molecule has 22 heteroatoms. The molecule has 0 spiro atoms. The zero-order chi connectivity index (χ0) is 51.4. The summed E-state index contributed by atoms with van der Waals surface area (Å²) in [6, 6.07) is 15.3. The van der Waals surface area contributed by atoms with Gasteiger partial charge in [0.15, 0.2) is 34.8 Å². The number of benzene rings is 4. The molecule has 2 aliphatic heterocycles. The molecule has 2 aliphatic rings. The van der Waals surface area contributed by atoms with E-state index in [4.69, 9.17) is 9.47 Å². The van der Waals surface area contributed by atoms with E-state index >= 15 is 35.1 Å². The Balaban J connectivity index is 1.47. The summed E-state index contributed by atoms with van der Waals surface area (Å²) < 4.78 is 140. The van der Waals surface area contributed by atoms with Crippen LogP contribution in [-0.2, 0) is 0 Å². The first kappa shape index (κ1) is 49.1. The highest BCUT2D eigenvalue weighted by Gasteiger charge is 2.38. The largest absolute Gasteiger partial charge is 0.508 e. The molecule has 0 aliphatic carbocycles. The summed E-state index contributed by atoms with van der Waals surface area (Å²) in [6.07, 6.45) is -5.43. The van der Waals surface area contributed by atoms with Crippen LogP contribution in [0.25, 0.3) is 78.7 Å². The molecule has 0 fully saturated rings. The van der Waals surface area contributed by atoms with E-state index in [1.165, 1.54) is 72.8 Å². The van der Waals surface area contributed by atoms with Crippen LogP contribution in [0.3, 0.4) is 0 Å². The van der Waals surface area contributed by atoms with Gasteiger partial charge in [-0.3, -0.25) is 4.98 Å². The number of aliphatic hydroxyl groups excluding tert-OH is 6. The van der Waals surface area contributed by atoms with Crippen LogP contribution in [0.15, 0.2) is 72.8 Å². The Hall–Kier alpha value is -7.86. The lowest BCUT2D eigenvalue weighted by Gasteiger charge is -2.16. The van der Waals surface area contributed by atoms with E-state index in [0.717, 1.165) is 12.1 Å². The topological polar surface area (TPSA) is 238 Å². The summed E-state index contributed by atoms with van der Waals surface area (Å²) in [6.45, 7) is -3.87. The average molecular weight is 1000 g/mol. The summed E-state index contributed by atoms with van der Waals surface area (Å²) in [7, 11) is 0. The first-order chi connectivity index (χ1) is 34.4. The lowest BCUT2D eigenvalue weighted by atomic mass is 9.96. The Bertz CT molecular complexity index is 3470. The molecule has 4 atom stereocenters. The van der Waals surface area contributed by atoms with Crippen molar-refractivity contribution < 1.29 is 85.4 Å². The number of nitrogens with zero attached hydrogens (tertiary/aromatic N) is 2. The molecule has 0 radical (unpaired) electrons. The highest BCUT2D eigenvalue weighted by molar-refractivity contribution is 5.98. The van der Waals surface area contributed by atoms with Crippen molar-refractivity contribution in [2.75, 3.05) is 26.4 Å². The molecule has 0 saturated heterocycles. The molecule has 72 heavy (non-hydrogen) atoms. The van der Waals surface area contributed by atoms with Crippen LogP contribution in [0, 0.1) is 46.5 Å². The van der Waals surface area contributed by atoms with E-state index in [0.29, 0.717) is 0 Å². The normalized spacial score (nSPS) is 15.2. The van der Waals surface area contributed by atoms with Gasteiger partial charge >= 0.3 is 0 Å². The number of phenols is 2. The zero-order valence-electron chi connectivity index (χ0n) is 36.5. The lowest BCUT2D eigenvalue weighted by Crippen LogP contribution is -2.22. The van der Waals surface area contributed by atoms with Gasteiger partial charge in [0.2, 0.25) is 23.3 Å². The molecule has 0 amide bonds. The zero-order valence-corrected chi connectivity index (χ0v) is 36.5. The molecule has 8 bridgehead atoms. The number of aromatic nitrogens is 4. The van der Waals surface area contributed by atoms with Gasteiger partial charge < -0.3 is 60.3 Å². The van der Waals surface area contributed by atoms with Gasteiger partial charge in [-0.15, -0.1) is 0 Å². The van der Waals surface area contributed by atoms with Gasteiger partial charge in [0.1, 0.15) is 49.1 Å². The van der Waals surface area contributed by atoms with Crippen molar-refractivity contribution in [1.29, 1.82) is 0 Å². The van der Waals surface area contributed by atoms with E-state index < -0.39 is 148 Å². The van der Waals surface area contributed by atoms with Gasteiger partial charge in [-0.05, 0) is 71.8 Å². The van der Waals surface area contributed by atoms with Crippen LogP contribution in [-0.4, -0.2) is 99.4 Å². The van der Waals surface area contributed by atoms with Crippen molar-refractivity contribution in [2.45, 2.75) is 24.4 Å². The quantitative estimate of drug-likeness (QED) is 0.0415. The Morgan fingerprint density at radius 1 is 0.472 bits per heavy atom. The maximum atomic E-state index is 16.6. The molecule has 14 nitrogen and oxygen atoms in total. The Morgan fingerprint density at radius 2 is 0.847 bits per heavy atom. The van der Waals surface area contributed by atoms with E-state index in [1.54, 1.807) is 0 Å². The number of rotatable bonds is 12. The smallest absolute Gasteiger partial charge is 0.204 e. The monoisotopic (exact) mass is 1000 g/mol. The van der Waals surface area contributed by atoms with Crippen molar-refractivity contribution in [3.05, 3.63) is 142 Å². The third kappa shape index (κ3) is 8.52. The molecular weight excluding hydrogens is 969 g/mol. The van der Waals surface area contributed by atoms with Gasteiger partial charge in [-0.25, -0.2) is 22.5 Å². The van der Waals surface area contributed by atoms with Crippen molar-refractivity contribution in [3.63, 3.8) is 0 Å². The summed E-state index contributed by atoms with van der Waals surface area (Å²) in [5, 5.41) is 83.0. The number of ether oxygens (including phenoxy) is 2. The first-order valence-electron chi connectivity index (χ1n) is 21.4. The second-order valence-electron chi connectivity index (χ2n) is 16.4. The van der Waals surface area contributed by atoms with E-state index in [2.05, 4.69) is 19.9 Å². The maximum absolute atomic E-state index is 16.6. The van der Waals surface area contributed by atoms with Crippen LogP contribution in [0.5, 0.6) is 23.0 Å². The average Bonchev–Trinajstić information content (AvgIpc) is 4.20. The van der Waals surface area contributed by atoms with Crippen LogP contribution >= 0.6 is 0 Å². The van der Waals surface area contributed by atoms with E-state index in [9.17, 15) is 40.9 Å². The number of aromatic hydroxyl groups is 2. The predicted molar refractivity (Wildman–Crippen MR) is 242 cm³/mol. The Kier molecular flexibility index (Phi) is 13.2. The van der Waals surface area contributed by atoms with Crippen LogP contribution in [0.4, 0.5) is 35.1 Å². The van der Waals surface area contributed by atoms with Crippen LogP contribution in [0.1, 0.15) is 35.0 Å².